The van der Waals surface area contributed by atoms with Crippen molar-refractivity contribution in [3.05, 3.63) is 52.1 Å². The number of carbonyl (C=O) groups excluding carboxylic acids is 1. The molecule has 0 aliphatic carbocycles. The van der Waals surface area contributed by atoms with Crippen LogP contribution in [0.3, 0.4) is 0 Å². The number of ether oxygens (including phenoxy) is 2. The van der Waals surface area contributed by atoms with Crippen LogP contribution in [0.15, 0.2) is 41.3 Å². The Labute approximate surface area is 181 Å². The summed E-state index contributed by atoms with van der Waals surface area (Å²) in [5.41, 5.74) is 0.638. The number of nitrogens with zero attached hydrogens (tertiary/aromatic N) is 2. The molecule has 1 N–H and O–H groups in total. The van der Waals surface area contributed by atoms with Crippen LogP contribution >= 0.6 is 0 Å². The van der Waals surface area contributed by atoms with Crippen molar-refractivity contribution in [2.45, 2.75) is 25.7 Å². The second kappa shape index (κ2) is 10.2. The van der Waals surface area contributed by atoms with Gasteiger partial charge in [0, 0.05) is 24.8 Å². The Bertz CT molecular complexity index is 1070. The number of benzene rings is 2. The lowest BCUT2D eigenvalue weighted by Crippen LogP contribution is -2.31. The predicted octanol–water partition coefficient (Wildman–Crippen LogP) is 2.96. The van der Waals surface area contributed by atoms with E-state index in [-0.39, 0.29) is 27.8 Å². The quantitative estimate of drug-likeness (QED) is 0.434. The Hall–Kier alpha value is -3.18. The third kappa shape index (κ3) is 5.70. The molecule has 10 nitrogen and oxygen atoms in total. The van der Waals surface area contributed by atoms with Crippen LogP contribution in [0.25, 0.3) is 0 Å². The third-order valence-electron chi connectivity index (χ3n) is 4.51. The maximum atomic E-state index is 12.8. The Morgan fingerprint density at radius 2 is 1.81 bits per heavy atom. The highest BCUT2D eigenvalue weighted by molar-refractivity contribution is 7.89. The molecule has 0 aromatic heterocycles. The summed E-state index contributed by atoms with van der Waals surface area (Å²) in [7, 11) is -2.32. The average molecular weight is 452 g/mol. The molecule has 0 bridgehead atoms. The second-order valence-electron chi connectivity index (χ2n) is 6.50. The Morgan fingerprint density at radius 3 is 2.39 bits per heavy atom. The zero-order chi connectivity index (χ0) is 23.2. The van der Waals surface area contributed by atoms with Gasteiger partial charge >= 0.3 is 0 Å². The maximum absolute atomic E-state index is 12.8. The van der Waals surface area contributed by atoms with Crippen molar-refractivity contribution in [2.75, 3.05) is 32.1 Å². The number of sulfonamides is 1. The molecular weight excluding hydrogens is 426 g/mol. The van der Waals surface area contributed by atoms with Crippen LogP contribution in [0.5, 0.6) is 11.5 Å². The van der Waals surface area contributed by atoms with E-state index >= 15 is 0 Å². The van der Waals surface area contributed by atoms with Gasteiger partial charge < -0.3 is 14.8 Å². The summed E-state index contributed by atoms with van der Waals surface area (Å²) in [4.78, 5) is 22.8. The third-order valence-corrected chi connectivity index (χ3v) is 6.70. The molecule has 0 radical (unpaired) electrons. The van der Waals surface area contributed by atoms with Gasteiger partial charge in [-0.3, -0.25) is 14.9 Å². The van der Waals surface area contributed by atoms with Gasteiger partial charge in [0.15, 0.2) is 18.1 Å². The van der Waals surface area contributed by atoms with E-state index in [9.17, 15) is 23.3 Å². The van der Waals surface area contributed by atoms with Crippen molar-refractivity contribution in [2.24, 2.45) is 0 Å². The molecule has 2 aromatic carbocycles. The predicted molar refractivity (Wildman–Crippen MR) is 115 cm³/mol. The molecule has 0 aliphatic rings. The molecule has 1 amide bonds. The molecule has 31 heavy (non-hydrogen) atoms. The van der Waals surface area contributed by atoms with E-state index in [4.69, 9.17) is 9.47 Å². The maximum Gasteiger partial charge on any atom is 0.273 e. The number of rotatable bonds is 10. The molecule has 0 aliphatic heterocycles. The molecule has 11 heteroatoms. The lowest BCUT2D eigenvalue weighted by atomic mass is 10.2. The largest absolute Gasteiger partial charge is 0.493 e. The first-order chi connectivity index (χ1) is 14.6. The number of hydrogen-bond donors (Lipinski definition) is 1. The Kier molecular flexibility index (Phi) is 7.95. The number of non-ortho nitro benzene ring substituents is 1. The molecule has 168 valence electrons. The van der Waals surface area contributed by atoms with Crippen LogP contribution < -0.4 is 14.8 Å². The Morgan fingerprint density at radius 1 is 1.13 bits per heavy atom. The fraction of sp³-hybridized carbons (Fsp3) is 0.350. The summed E-state index contributed by atoms with van der Waals surface area (Å²) in [6.07, 6.45) is 0. The van der Waals surface area contributed by atoms with Gasteiger partial charge in [-0.25, -0.2) is 8.42 Å². The van der Waals surface area contributed by atoms with Gasteiger partial charge in [0.05, 0.1) is 23.0 Å². The van der Waals surface area contributed by atoms with E-state index in [0.29, 0.717) is 18.7 Å². The van der Waals surface area contributed by atoms with Gasteiger partial charge in [-0.15, -0.1) is 0 Å². The van der Waals surface area contributed by atoms with Crippen LogP contribution in [-0.2, 0) is 14.8 Å². The normalized spacial score (nSPS) is 11.3. The van der Waals surface area contributed by atoms with Crippen molar-refractivity contribution >= 4 is 27.3 Å². The fourth-order valence-corrected chi connectivity index (χ4v) is 4.60. The number of amides is 1. The summed E-state index contributed by atoms with van der Waals surface area (Å²) in [6.45, 7) is 5.38. The first kappa shape index (κ1) is 24.1. The highest BCUT2D eigenvalue weighted by atomic mass is 32.2. The van der Waals surface area contributed by atoms with Crippen LogP contribution in [0, 0.1) is 17.0 Å². The summed E-state index contributed by atoms with van der Waals surface area (Å²) in [5.74, 6) is -0.287. The molecule has 0 atom stereocenters. The first-order valence-corrected chi connectivity index (χ1v) is 10.9. The Balaban J connectivity index is 2.17. The highest BCUT2D eigenvalue weighted by Crippen LogP contribution is 2.31. The van der Waals surface area contributed by atoms with Crippen LogP contribution in [-0.4, -0.2) is 50.4 Å². The fourth-order valence-electron chi connectivity index (χ4n) is 2.89. The smallest absolute Gasteiger partial charge is 0.273 e. The average Bonchev–Trinajstić information content (AvgIpc) is 2.73. The van der Waals surface area contributed by atoms with Gasteiger partial charge in [-0.2, -0.15) is 4.31 Å². The zero-order valence-electron chi connectivity index (χ0n) is 17.7. The topological polar surface area (TPSA) is 128 Å². The minimum Gasteiger partial charge on any atom is -0.493 e. The second-order valence-corrected chi connectivity index (χ2v) is 8.41. The minimum absolute atomic E-state index is 0.0422. The molecule has 0 saturated carbocycles. The summed E-state index contributed by atoms with van der Waals surface area (Å²) in [5, 5.41) is 13.5. The standard InChI is InChI=1S/C20H25N3O7S/c1-5-22(6-2)31(27,28)19-11-15(8-7-14(19)3)21-20(24)13-30-18-12-16(23(25)26)9-10-17(18)29-4/h7-12H,5-6,13H2,1-4H3,(H,21,24). The van der Waals surface area contributed by atoms with Crippen LogP contribution in [0.4, 0.5) is 11.4 Å². The first-order valence-electron chi connectivity index (χ1n) is 9.49. The summed E-state index contributed by atoms with van der Waals surface area (Å²) < 4.78 is 37.5. The van der Waals surface area contributed by atoms with E-state index in [1.165, 1.54) is 29.6 Å². The molecule has 0 unspecified atom stereocenters. The number of nitro groups is 1. The lowest BCUT2D eigenvalue weighted by molar-refractivity contribution is -0.385. The zero-order valence-corrected chi connectivity index (χ0v) is 18.6. The number of aryl methyl sites for hydroxylation is 1. The van der Waals surface area contributed by atoms with Crippen LogP contribution in [0.1, 0.15) is 19.4 Å². The van der Waals surface area contributed by atoms with Gasteiger partial charge in [0.25, 0.3) is 11.6 Å². The van der Waals surface area contributed by atoms with E-state index in [1.54, 1.807) is 32.9 Å². The van der Waals surface area contributed by atoms with Crippen molar-refractivity contribution in [1.29, 1.82) is 0 Å². The number of methoxy groups -OCH3 is 1. The lowest BCUT2D eigenvalue weighted by Gasteiger charge is -2.20. The van der Waals surface area contributed by atoms with Gasteiger partial charge in [0.1, 0.15) is 0 Å². The van der Waals surface area contributed by atoms with E-state index in [1.807, 2.05) is 0 Å². The summed E-state index contributed by atoms with van der Waals surface area (Å²) >= 11 is 0. The van der Waals surface area contributed by atoms with Crippen molar-refractivity contribution in [3.8, 4) is 11.5 Å². The number of hydrogen-bond acceptors (Lipinski definition) is 7. The number of nitro benzene ring substituents is 1. The van der Waals surface area contributed by atoms with Gasteiger partial charge in [-0.1, -0.05) is 19.9 Å². The SMILES string of the molecule is CCN(CC)S(=O)(=O)c1cc(NC(=O)COc2cc([N+](=O)[O-])ccc2OC)ccc1C. The number of nitrogens with one attached hydrogen (secondary N) is 1. The molecule has 0 heterocycles. The van der Waals surface area contributed by atoms with Crippen molar-refractivity contribution in [3.63, 3.8) is 0 Å². The molecule has 0 spiro atoms. The molecule has 0 fully saturated rings. The number of anilines is 1. The van der Waals surface area contributed by atoms with Crippen LogP contribution in [0.2, 0.25) is 0 Å². The van der Waals surface area contributed by atoms with E-state index in [0.717, 1.165) is 6.07 Å². The minimum atomic E-state index is -3.70. The van der Waals surface area contributed by atoms with Crippen molar-refractivity contribution < 1.29 is 27.6 Å². The van der Waals surface area contributed by atoms with E-state index < -0.39 is 27.5 Å². The monoisotopic (exact) mass is 451 g/mol. The molecule has 0 saturated heterocycles. The van der Waals surface area contributed by atoms with Crippen molar-refractivity contribution in [1.82, 2.24) is 4.31 Å². The summed E-state index contributed by atoms with van der Waals surface area (Å²) in [6, 6.07) is 8.38. The number of carbonyl (C=O) groups is 1. The highest BCUT2D eigenvalue weighted by Gasteiger charge is 2.24. The molecule has 2 aromatic rings. The van der Waals surface area contributed by atoms with E-state index in [2.05, 4.69) is 5.32 Å². The van der Waals surface area contributed by atoms with Gasteiger partial charge in [0.2, 0.25) is 10.0 Å². The molecule has 2 rings (SSSR count). The van der Waals surface area contributed by atoms with Gasteiger partial charge in [-0.05, 0) is 30.7 Å². The molecular formula is C20H25N3O7S.